The molecule has 0 spiro atoms. The van der Waals surface area contributed by atoms with E-state index in [2.05, 4.69) is 5.32 Å². The zero-order valence-electron chi connectivity index (χ0n) is 15.3. The first kappa shape index (κ1) is 18.6. The Morgan fingerprint density at radius 3 is 2.64 bits per heavy atom. The van der Waals surface area contributed by atoms with Gasteiger partial charge in [-0.3, -0.25) is 19.7 Å². The second-order valence-electron chi connectivity index (χ2n) is 6.87. The van der Waals surface area contributed by atoms with E-state index in [1.54, 1.807) is 24.5 Å². The van der Waals surface area contributed by atoms with Crippen LogP contribution in [0, 0.1) is 0 Å². The van der Waals surface area contributed by atoms with E-state index >= 15 is 0 Å². The van der Waals surface area contributed by atoms with E-state index in [9.17, 15) is 14.4 Å². The van der Waals surface area contributed by atoms with Gasteiger partial charge in [0.2, 0.25) is 5.91 Å². The van der Waals surface area contributed by atoms with Gasteiger partial charge in [0, 0.05) is 30.1 Å². The van der Waals surface area contributed by atoms with Crippen LogP contribution in [-0.2, 0) is 9.59 Å². The zero-order valence-corrected chi connectivity index (χ0v) is 16.1. The van der Waals surface area contributed by atoms with Gasteiger partial charge in [0.1, 0.15) is 5.58 Å². The van der Waals surface area contributed by atoms with Crippen molar-refractivity contribution in [1.29, 1.82) is 0 Å². The van der Waals surface area contributed by atoms with Crippen LogP contribution in [0.5, 0.6) is 0 Å². The fraction of sp³-hybridized carbons (Fsp3) is 0.286. The van der Waals surface area contributed by atoms with Crippen LogP contribution in [0.25, 0.3) is 23.1 Å². The standard InChI is InChI=1S/C21H20N2O4S/c24-19(23-9-3-1-2-4-10-23)8-6-15-13-27-17-7-5-14(11-16(15)17)12-18-20(25)22-21(26)28-18/h5-8,11-13H,1-4,9-10H2,(H,22,25,26)/b8-6+,18-12-. The highest BCUT2D eigenvalue weighted by atomic mass is 32.2. The van der Waals surface area contributed by atoms with E-state index in [1.165, 1.54) is 12.8 Å². The van der Waals surface area contributed by atoms with Crippen molar-refractivity contribution in [2.24, 2.45) is 0 Å². The fourth-order valence-electron chi connectivity index (χ4n) is 3.42. The highest BCUT2D eigenvalue weighted by molar-refractivity contribution is 8.18. The number of nitrogens with zero attached hydrogens (tertiary/aromatic N) is 1. The van der Waals surface area contributed by atoms with Crippen molar-refractivity contribution < 1.29 is 18.8 Å². The van der Waals surface area contributed by atoms with E-state index < -0.39 is 0 Å². The lowest BCUT2D eigenvalue weighted by Gasteiger charge is -2.17. The summed E-state index contributed by atoms with van der Waals surface area (Å²) in [6.45, 7) is 1.62. The number of hydrogen-bond donors (Lipinski definition) is 1. The second kappa shape index (κ2) is 8.06. The summed E-state index contributed by atoms with van der Waals surface area (Å²) in [7, 11) is 0. The molecule has 1 N–H and O–H groups in total. The number of carbonyl (C=O) groups excluding carboxylic acids is 3. The normalized spacial score (nSPS) is 19.6. The molecule has 2 aliphatic heterocycles. The molecule has 2 aromatic rings. The van der Waals surface area contributed by atoms with Crippen molar-refractivity contribution in [1.82, 2.24) is 10.2 Å². The summed E-state index contributed by atoms with van der Waals surface area (Å²) in [5.74, 6) is -0.363. The summed E-state index contributed by atoms with van der Waals surface area (Å²) in [6, 6.07) is 5.53. The molecular formula is C21H20N2O4S. The number of rotatable bonds is 3. The van der Waals surface area contributed by atoms with Crippen molar-refractivity contribution in [2.75, 3.05) is 13.1 Å². The molecule has 1 aromatic heterocycles. The highest BCUT2D eigenvalue weighted by Crippen LogP contribution is 2.28. The van der Waals surface area contributed by atoms with Crippen LogP contribution in [0.1, 0.15) is 36.8 Å². The maximum absolute atomic E-state index is 12.5. The minimum Gasteiger partial charge on any atom is -0.464 e. The molecule has 4 rings (SSSR count). The Morgan fingerprint density at radius 1 is 1.14 bits per heavy atom. The monoisotopic (exact) mass is 396 g/mol. The van der Waals surface area contributed by atoms with Crippen LogP contribution in [0.2, 0.25) is 0 Å². The summed E-state index contributed by atoms with van der Waals surface area (Å²) < 4.78 is 5.57. The van der Waals surface area contributed by atoms with Gasteiger partial charge in [-0.2, -0.15) is 0 Å². The van der Waals surface area contributed by atoms with Crippen LogP contribution < -0.4 is 5.32 Å². The van der Waals surface area contributed by atoms with Gasteiger partial charge < -0.3 is 9.32 Å². The highest BCUT2D eigenvalue weighted by Gasteiger charge is 2.25. The predicted molar refractivity (Wildman–Crippen MR) is 109 cm³/mol. The smallest absolute Gasteiger partial charge is 0.290 e. The maximum Gasteiger partial charge on any atom is 0.290 e. The molecule has 0 saturated carbocycles. The van der Waals surface area contributed by atoms with Gasteiger partial charge in [0.05, 0.1) is 11.2 Å². The quantitative estimate of drug-likeness (QED) is 0.788. The number of likely N-dealkylation sites (tertiary alicyclic amines) is 1. The molecule has 6 nitrogen and oxygen atoms in total. The van der Waals surface area contributed by atoms with Gasteiger partial charge in [0.15, 0.2) is 0 Å². The van der Waals surface area contributed by atoms with Gasteiger partial charge >= 0.3 is 0 Å². The number of carbonyl (C=O) groups is 3. The molecule has 2 saturated heterocycles. The predicted octanol–water partition coefficient (Wildman–Crippen LogP) is 4.17. The summed E-state index contributed by atoms with van der Waals surface area (Å²) in [5.41, 5.74) is 2.29. The lowest BCUT2D eigenvalue weighted by Crippen LogP contribution is -2.30. The van der Waals surface area contributed by atoms with Crippen molar-refractivity contribution in [3.8, 4) is 0 Å². The van der Waals surface area contributed by atoms with Crippen molar-refractivity contribution in [3.05, 3.63) is 46.6 Å². The van der Waals surface area contributed by atoms with Crippen molar-refractivity contribution in [3.63, 3.8) is 0 Å². The minimum absolute atomic E-state index is 0.0204. The average Bonchev–Trinajstić information content (AvgIpc) is 3.08. The molecule has 7 heteroatoms. The first-order valence-electron chi connectivity index (χ1n) is 9.33. The van der Waals surface area contributed by atoms with Crippen LogP contribution in [-0.4, -0.2) is 35.0 Å². The molecule has 3 heterocycles. The number of hydrogen-bond acceptors (Lipinski definition) is 5. The van der Waals surface area contributed by atoms with Crippen LogP contribution in [0.3, 0.4) is 0 Å². The van der Waals surface area contributed by atoms with Crippen LogP contribution in [0.4, 0.5) is 4.79 Å². The Kier molecular flexibility index (Phi) is 5.34. The lowest BCUT2D eigenvalue weighted by molar-refractivity contribution is -0.125. The maximum atomic E-state index is 12.5. The molecule has 1 aromatic carbocycles. The van der Waals surface area contributed by atoms with Crippen molar-refractivity contribution >= 4 is 51.9 Å². The van der Waals surface area contributed by atoms with E-state index in [0.29, 0.717) is 10.5 Å². The molecular weight excluding hydrogens is 376 g/mol. The number of furan rings is 1. The Labute approximate surface area is 166 Å². The fourth-order valence-corrected chi connectivity index (χ4v) is 4.10. The number of imide groups is 1. The van der Waals surface area contributed by atoms with Gasteiger partial charge in [-0.15, -0.1) is 0 Å². The summed E-state index contributed by atoms with van der Waals surface area (Å²) >= 11 is 0.886. The Hall–Kier alpha value is -2.80. The number of amides is 3. The van der Waals surface area contributed by atoms with Gasteiger partial charge in [-0.1, -0.05) is 18.9 Å². The third kappa shape index (κ3) is 4.04. The molecule has 0 unspecified atom stereocenters. The molecule has 0 radical (unpaired) electrons. The third-order valence-electron chi connectivity index (χ3n) is 4.89. The number of nitrogens with one attached hydrogen (secondary N) is 1. The van der Waals surface area contributed by atoms with E-state index in [4.69, 9.17) is 4.42 Å². The number of thioether (sulfide) groups is 1. The summed E-state index contributed by atoms with van der Waals surface area (Å²) in [5, 5.41) is 2.73. The molecule has 28 heavy (non-hydrogen) atoms. The topological polar surface area (TPSA) is 79.6 Å². The molecule has 3 amide bonds. The Balaban J connectivity index is 1.56. The molecule has 0 atom stereocenters. The number of fused-ring (bicyclic) bond motifs is 1. The number of benzene rings is 1. The van der Waals surface area contributed by atoms with Crippen LogP contribution in [0.15, 0.2) is 39.9 Å². The summed E-state index contributed by atoms with van der Waals surface area (Å²) in [6.07, 6.45) is 11.1. The molecule has 144 valence electrons. The summed E-state index contributed by atoms with van der Waals surface area (Å²) in [4.78, 5) is 37.8. The molecule has 0 aliphatic carbocycles. The minimum atomic E-state index is -0.384. The second-order valence-corrected chi connectivity index (χ2v) is 7.89. The molecule has 2 fully saturated rings. The Morgan fingerprint density at radius 2 is 1.93 bits per heavy atom. The first-order chi connectivity index (χ1) is 13.6. The third-order valence-corrected chi connectivity index (χ3v) is 5.70. The zero-order chi connectivity index (χ0) is 19.5. The lowest BCUT2D eigenvalue weighted by atomic mass is 10.1. The van der Waals surface area contributed by atoms with Gasteiger partial charge in [0.25, 0.3) is 11.1 Å². The van der Waals surface area contributed by atoms with Crippen LogP contribution >= 0.6 is 11.8 Å². The average molecular weight is 396 g/mol. The van der Waals surface area contributed by atoms with E-state index in [-0.39, 0.29) is 17.1 Å². The molecule has 0 bridgehead atoms. The van der Waals surface area contributed by atoms with Gasteiger partial charge in [-0.05, 0) is 54.5 Å². The Bertz CT molecular complexity index is 997. The van der Waals surface area contributed by atoms with E-state index in [0.717, 1.165) is 54.2 Å². The van der Waals surface area contributed by atoms with Crippen molar-refractivity contribution in [2.45, 2.75) is 25.7 Å². The SMILES string of the molecule is O=C1NC(=O)/C(=C/c2ccc3occ(/C=C/C(=O)N4CCCCCC4)c3c2)S1. The molecule has 2 aliphatic rings. The first-order valence-corrected chi connectivity index (χ1v) is 10.1. The largest absolute Gasteiger partial charge is 0.464 e. The van der Waals surface area contributed by atoms with E-state index in [1.807, 2.05) is 23.1 Å². The van der Waals surface area contributed by atoms with Gasteiger partial charge in [-0.25, -0.2) is 0 Å².